The van der Waals surface area contributed by atoms with Crippen molar-refractivity contribution in [1.82, 2.24) is 24.7 Å². The van der Waals surface area contributed by atoms with Crippen LogP contribution in [0.3, 0.4) is 0 Å². The second-order valence-corrected chi connectivity index (χ2v) is 9.68. The second-order valence-electron chi connectivity index (χ2n) is 9.68. The van der Waals surface area contributed by atoms with Gasteiger partial charge < -0.3 is 15.0 Å². The summed E-state index contributed by atoms with van der Waals surface area (Å²) < 4.78 is 43.8. The van der Waals surface area contributed by atoms with Gasteiger partial charge in [-0.2, -0.15) is 13.2 Å². The molecule has 0 aromatic carbocycles. The molecule has 0 aliphatic rings. The molecule has 4 rings (SSSR count). The molecule has 0 unspecified atom stereocenters. The van der Waals surface area contributed by atoms with Crippen molar-refractivity contribution < 1.29 is 22.7 Å². The van der Waals surface area contributed by atoms with Crippen molar-refractivity contribution >= 4 is 11.4 Å². The minimum Gasteiger partial charge on any atom is -0.468 e. The summed E-state index contributed by atoms with van der Waals surface area (Å²) in [6.07, 6.45) is 0.0757. The number of amides is 1. The second kappa shape index (κ2) is 11.3. The van der Waals surface area contributed by atoms with Crippen LogP contribution >= 0.6 is 0 Å². The van der Waals surface area contributed by atoms with Gasteiger partial charge >= 0.3 is 6.18 Å². The molecule has 0 atom stereocenters. The van der Waals surface area contributed by atoms with E-state index >= 15 is 0 Å². The molecule has 0 fully saturated rings. The molecule has 0 aliphatic heterocycles. The van der Waals surface area contributed by atoms with Gasteiger partial charge in [0.25, 0.3) is 11.5 Å². The number of ether oxygens (including phenoxy) is 1. The van der Waals surface area contributed by atoms with Gasteiger partial charge in [0.1, 0.15) is 12.0 Å². The van der Waals surface area contributed by atoms with Crippen molar-refractivity contribution in [2.75, 3.05) is 6.61 Å². The number of carbonyl (C=O) groups is 1. The molecule has 4 aromatic heterocycles. The van der Waals surface area contributed by atoms with Gasteiger partial charge in [-0.05, 0) is 54.7 Å². The Labute approximate surface area is 223 Å². The number of carbonyl (C=O) groups excluding carboxylic acids is 1. The first-order chi connectivity index (χ1) is 18.5. The van der Waals surface area contributed by atoms with Crippen molar-refractivity contribution in [2.24, 2.45) is 0 Å². The molecule has 0 saturated carbocycles. The maximum atomic E-state index is 13.5. The van der Waals surface area contributed by atoms with Gasteiger partial charge in [-0.15, -0.1) is 0 Å². The molecule has 0 bridgehead atoms. The molecular formula is C28H30F3N5O3. The summed E-state index contributed by atoms with van der Waals surface area (Å²) in [5, 5.41) is 2.87. The number of imidazole rings is 1. The number of nitrogens with one attached hydrogen (secondary N) is 2. The lowest BCUT2D eigenvalue weighted by atomic mass is 10.0. The summed E-state index contributed by atoms with van der Waals surface area (Å²) in [6.45, 7) is 6.43. The van der Waals surface area contributed by atoms with Crippen LogP contribution in [-0.4, -0.2) is 38.0 Å². The van der Waals surface area contributed by atoms with E-state index in [4.69, 9.17) is 4.74 Å². The maximum Gasteiger partial charge on any atom is 0.422 e. The van der Waals surface area contributed by atoms with Gasteiger partial charge in [0.15, 0.2) is 6.61 Å². The quantitative estimate of drug-likeness (QED) is 0.298. The number of aromatic nitrogens is 4. The first-order valence-electron chi connectivity index (χ1n) is 12.6. The number of halogens is 3. The molecule has 0 spiro atoms. The number of aromatic amines is 1. The van der Waals surface area contributed by atoms with E-state index in [1.165, 1.54) is 12.3 Å². The molecular weight excluding hydrogens is 511 g/mol. The lowest BCUT2D eigenvalue weighted by Crippen LogP contribution is -2.29. The molecule has 1 amide bonds. The lowest BCUT2D eigenvalue weighted by Gasteiger charge is -2.13. The van der Waals surface area contributed by atoms with E-state index in [2.05, 4.69) is 20.3 Å². The van der Waals surface area contributed by atoms with Crippen molar-refractivity contribution in [3.8, 4) is 17.0 Å². The van der Waals surface area contributed by atoms with Gasteiger partial charge in [-0.1, -0.05) is 27.2 Å². The van der Waals surface area contributed by atoms with E-state index in [9.17, 15) is 22.8 Å². The highest BCUT2D eigenvalue weighted by atomic mass is 19.4. The van der Waals surface area contributed by atoms with E-state index in [-0.39, 0.29) is 23.9 Å². The van der Waals surface area contributed by atoms with Crippen LogP contribution in [-0.2, 0) is 13.0 Å². The van der Waals surface area contributed by atoms with E-state index in [1.54, 1.807) is 22.9 Å². The average molecular weight is 542 g/mol. The minimum atomic E-state index is -4.47. The fourth-order valence-corrected chi connectivity index (χ4v) is 4.42. The summed E-state index contributed by atoms with van der Waals surface area (Å²) in [4.78, 5) is 37.4. The number of nitrogens with zero attached hydrogens (tertiary/aromatic N) is 3. The lowest BCUT2D eigenvalue weighted by molar-refractivity contribution is -0.154. The van der Waals surface area contributed by atoms with Gasteiger partial charge in [-0.25, -0.2) is 9.97 Å². The van der Waals surface area contributed by atoms with Crippen LogP contribution < -0.4 is 15.6 Å². The number of hydrogen-bond donors (Lipinski definition) is 2. The van der Waals surface area contributed by atoms with Gasteiger partial charge in [0.05, 0.1) is 11.2 Å². The number of alkyl halides is 3. The van der Waals surface area contributed by atoms with Crippen LogP contribution in [0.4, 0.5) is 13.2 Å². The van der Waals surface area contributed by atoms with E-state index in [0.29, 0.717) is 34.3 Å². The first-order valence-corrected chi connectivity index (χ1v) is 12.6. The van der Waals surface area contributed by atoms with Crippen LogP contribution in [0.15, 0.2) is 47.7 Å². The van der Waals surface area contributed by atoms with Crippen molar-refractivity contribution in [1.29, 1.82) is 0 Å². The first kappa shape index (κ1) is 27.9. The molecule has 8 nitrogen and oxygen atoms in total. The molecule has 0 saturated heterocycles. The van der Waals surface area contributed by atoms with Crippen LogP contribution in [0.1, 0.15) is 66.1 Å². The highest BCUT2D eigenvalue weighted by Gasteiger charge is 2.28. The highest BCUT2D eigenvalue weighted by Crippen LogP contribution is 2.28. The predicted molar refractivity (Wildman–Crippen MR) is 141 cm³/mol. The summed E-state index contributed by atoms with van der Waals surface area (Å²) in [5.41, 5.74) is 4.93. The highest BCUT2D eigenvalue weighted by molar-refractivity contribution is 5.95. The fourth-order valence-electron chi connectivity index (χ4n) is 4.42. The Balaban J connectivity index is 1.68. The number of H-pyrrole nitrogens is 1. The molecule has 39 heavy (non-hydrogen) atoms. The molecule has 11 heteroatoms. The monoisotopic (exact) mass is 541 g/mol. The molecule has 2 N–H and O–H groups in total. The van der Waals surface area contributed by atoms with Crippen LogP contribution in [0.25, 0.3) is 16.6 Å². The zero-order valence-electron chi connectivity index (χ0n) is 22.1. The number of fused-ring (bicyclic) bond motifs is 1. The third-order valence-corrected chi connectivity index (χ3v) is 6.22. The predicted octanol–water partition coefficient (Wildman–Crippen LogP) is 5.34. The summed E-state index contributed by atoms with van der Waals surface area (Å²) in [5.74, 6) is -0.497. The maximum absolute atomic E-state index is 13.5. The average Bonchev–Trinajstić information content (AvgIpc) is 3.31. The summed E-state index contributed by atoms with van der Waals surface area (Å²) in [7, 11) is 0. The Bertz CT molecular complexity index is 1540. The number of pyridine rings is 3. The summed E-state index contributed by atoms with van der Waals surface area (Å²) in [6, 6.07) is 8.37. The molecule has 4 heterocycles. The summed E-state index contributed by atoms with van der Waals surface area (Å²) >= 11 is 0. The zero-order valence-corrected chi connectivity index (χ0v) is 22.1. The standard InChI is InChI=1S/C28H30F3N5O3/c1-5-6-18-9-17(4)35-26(37)21(18)13-33-27(38)23-11-20(10-22-25(16(2)3)34-15-36(22)23)19-7-8-24(32-12-19)39-14-28(29,30)31/h7-12,15-16H,5-6,13-14H2,1-4H3,(H,33,38)(H,35,37). The Morgan fingerprint density at radius 3 is 2.56 bits per heavy atom. The SMILES string of the molecule is CCCc1cc(C)[nH]c(=O)c1CNC(=O)c1cc(-c2ccc(OCC(F)(F)F)nc2)cc2c(C(C)C)ncn12. The zero-order chi connectivity index (χ0) is 28.3. The topological polar surface area (TPSA) is 101 Å². The van der Waals surface area contributed by atoms with Crippen LogP contribution in [0.2, 0.25) is 0 Å². The van der Waals surface area contributed by atoms with Gasteiger partial charge in [0, 0.05) is 35.6 Å². The molecule has 0 aliphatic carbocycles. The Hall–Kier alpha value is -4.15. The van der Waals surface area contributed by atoms with E-state index < -0.39 is 18.7 Å². The number of hydrogen-bond acceptors (Lipinski definition) is 5. The Morgan fingerprint density at radius 1 is 1.15 bits per heavy atom. The van der Waals surface area contributed by atoms with Crippen molar-refractivity contribution in [2.45, 2.75) is 59.2 Å². The van der Waals surface area contributed by atoms with E-state index in [1.807, 2.05) is 39.8 Å². The van der Waals surface area contributed by atoms with Crippen LogP contribution in [0.5, 0.6) is 5.88 Å². The van der Waals surface area contributed by atoms with Crippen molar-refractivity contribution in [3.63, 3.8) is 0 Å². The minimum absolute atomic E-state index is 0.0496. The van der Waals surface area contributed by atoms with Gasteiger partial charge in [0.2, 0.25) is 5.88 Å². The van der Waals surface area contributed by atoms with E-state index in [0.717, 1.165) is 23.4 Å². The Kier molecular flexibility index (Phi) is 8.08. The molecule has 0 radical (unpaired) electrons. The third-order valence-electron chi connectivity index (χ3n) is 6.22. The van der Waals surface area contributed by atoms with Gasteiger partial charge in [-0.3, -0.25) is 14.0 Å². The normalized spacial score (nSPS) is 11.8. The number of rotatable bonds is 9. The largest absolute Gasteiger partial charge is 0.468 e. The third kappa shape index (κ3) is 6.47. The number of aryl methyl sites for hydroxylation is 2. The van der Waals surface area contributed by atoms with Crippen LogP contribution in [0, 0.1) is 6.92 Å². The molecule has 206 valence electrons. The molecule has 4 aromatic rings. The smallest absolute Gasteiger partial charge is 0.422 e. The van der Waals surface area contributed by atoms with Crippen molar-refractivity contribution in [3.05, 3.63) is 81.4 Å². The fraction of sp³-hybridized carbons (Fsp3) is 0.357. The Morgan fingerprint density at radius 2 is 1.92 bits per heavy atom.